The molecule has 0 aliphatic carbocycles. The van der Waals surface area contributed by atoms with Gasteiger partial charge >= 0.3 is 0 Å². The number of ether oxygens (including phenoxy) is 11. The molecule has 5 unspecified atom stereocenters. The number of anilines is 1. The maximum absolute atomic E-state index is 12.5. The highest BCUT2D eigenvalue weighted by Crippen LogP contribution is 2.30. The second-order valence-corrected chi connectivity index (χ2v) is 25.3. The molecule has 6 aromatic rings. The molecule has 3 saturated heterocycles. The molecule has 3 aliphatic rings. The molecule has 0 radical (unpaired) electrons. The second-order valence-electron chi connectivity index (χ2n) is 25.0. The number of hydrogen-bond acceptors (Lipinski definition) is 26. The van der Waals surface area contributed by atoms with Crippen LogP contribution in [-0.2, 0) is 23.9 Å². The largest absolute Gasteiger partial charge is 0.493 e. The number of rotatable bonds is 40. The smallest absolute Gasteiger partial charge is 0.238 e. The summed E-state index contributed by atoms with van der Waals surface area (Å²) in [5, 5.41) is 58.0. The van der Waals surface area contributed by atoms with Gasteiger partial charge in [0.1, 0.15) is 69.4 Å². The van der Waals surface area contributed by atoms with Crippen molar-refractivity contribution < 1.29 is 91.7 Å². The van der Waals surface area contributed by atoms with E-state index in [9.17, 15) is 39.6 Å². The average Bonchev–Trinajstić information content (AvgIpc) is 1.18. The summed E-state index contributed by atoms with van der Waals surface area (Å²) in [6.07, 6.45) is -2.62. The first kappa shape index (κ1) is 96.2. The highest BCUT2D eigenvalue weighted by molar-refractivity contribution is 6.27. The molecule has 0 bridgehead atoms. The Balaban J connectivity index is 0.000000362. The molecule has 30 nitrogen and oxygen atoms in total. The van der Waals surface area contributed by atoms with Gasteiger partial charge in [-0.25, -0.2) is 0 Å². The van der Waals surface area contributed by atoms with Crippen LogP contribution >= 0.6 is 11.6 Å². The lowest BCUT2D eigenvalue weighted by atomic mass is 10.1. The Morgan fingerprint density at radius 2 is 0.973 bits per heavy atom. The summed E-state index contributed by atoms with van der Waals surface area (Å²) < 4.78 is 58.6. The van der Waals surface area contributed by atoms with Crippen LogP contribution in [0.5, 0.6) is 57.5 Å². The summed E-state index contributed by atoms with van der Waals surface area (Å²) in [7, 11) is 13.5. The maximum atomic E-state index is 12.5. The average molecular weight is 1580 g/mol. The van der Waals surface area contributed by atoms with E-state index in [0.29, 0.717) is 98.4 Å². The van der Waals surface area contributed by atoms with E-state index in [0.717, 1.165) is 67.6 Å². The Kier molecular flexibility index (Phi) is 49.5. The molecule has 3 fully saturated rings. The van der Waals surface area contributed by atoms with Crippen molar-refractivity contribution in [2.24, 2.45) is 5.73 Å². The van der Waals surface area contributed by atoms with Crippen molar-refractivity contribution in [3.05, 3.63) is 151 Å². The number of benzene rings is 6. The number of aliphatic hydroxyl groups excluding tert-OH is 4. The molecule has 0 aromatic heterocycles. The zero-order chi connectivity index (χ0) is 80.3. The molecule has 0 saturated carbocycles. The fourth-order valence-corrected chi connectivity index (χ4v) is 10.5. The molecule has 3 heterocycles. The van der Waals surface area contributed by atoms with Gasteiger partial charge in [0, 0.05) is 97.3 Å². The molecular formula is C80H122ClN11O19. The molecular weight excluding hydrogens is 1450 g/mol. The van der Waals surface area contributed by atoms with Crippen molar-refractivity contribution in [3.63, 3.8) is 0 Å². The van der Waals surface area contributed by atoms with Crippen molar-refractivity contribution in [1.82, 2.24) is 46.2 Å². The predicted octanol–water partition coefficient (Wildman–Crippen LogP) is 3.94. The molecule has 31 heteroatoms. The van der Waals surface area contributed by atoms with Crippen LogP contribution in [-0.4, -0.2) is 308 Å². The number of nitrogens with two attached hydrogens (primary N) is 1. The zero-order valence-electron chi connectivity index (χ0n) is 65.3. The fourth-order valence-electron chi connectivity index (χ4n) is 10.4. The lowest BCUT2D eigenvalue weighted by Gasteiger charge is -2.35. The third-order valence-corrected chi connectivity index (χ3v) is 16.5. The SMILES string of the molecule is C.CNCCN.CNCCN(CC(O)COc1ccccc1OC)C(=O)CCl.CNCCNCC(O)COc1ccccc1OC.COc1ccccc1OCC(O)CN1CCN(CC(=O)Nc2c(C)cccc2C)CC1=O.COc1ccccc1OCC(O)CN1CCNCC1=O.COc1ccccc1OCC1CO1. The number of para-hydroxylation sites is 11. The van der Waals surface area contributed by atoms with Gasteiger partial charge in [-0.3, -0.25) is 24.1 Å². The number of carbonyl (C=O) groups excluding carboxylic acids is 4. The van der Waals surface area contributed by atoms with Gasteiger partial charge in [-0.2, -0.15) is 0 Å². The molecule has 6 aromatic carbocycles. The minimum absolute atomic E-state index is 0. The van der Waals surface area contributed by atoms with Gasteiger partial charge in [0.15, 0.2) is 57.5 Å². The normalized spacial score (nSPS) is 14.5. The molecule has 4 amide bonds. The first-order valence-corrected chi connectivity index (χ1v) is 37.0. The topological polar surface area (TPSA) is 365 Å². The third-order valence-electron chi connectivity index (χ3n) is 16.3. The minimum atomic E-state index is -0.831. The second kappa shape index (κ2) is 57.1. The van der Waals surface area contributed by atoms with Crippen LogP contribution < -0.4 is 85.0 Å². The number of alkyl halides is 1. The van der Waals surface area contributed by atoms with Crippen LogP contribution in [0.2, 0.25) is 0 Å². The lowest BCUT2D eigenvalue weighted by molar-refractivity contribution is -0.138. The number of hydrogen-bond donors (Lipinski definition) is 11. The number of nitrogens with one attached hydrogen (secondary N) is 6. The zero-order valence-corrected chi connectivity index (χ0v) is 66.0. The molecule has 618 valence electrons. The Morgan fingerprint density at radius 1 is 0.559 bits per heavy atom. The van der Waals surface area contributed by atoms with Gasteiger partial charge < -0.3 is 125 Å². The Bertz CT molecular complexity index is 3510. The number of methoxy groups -OCH3 is 5. The van der Waals surface area contributed by atoms with Gasteiger partial charge in [0.05, 0.1) is 61.8 Å². The number of β-amino-alcohol motifs (C(OH)–C–C–N with tert-alkyl or cyclic N) is 2. The van der Waals surface area contributed by atoms with Gasteiger partial charge in [0.25, 0.3) is 0 Å². The number of aryl methyl sites for hydroxylation is 2. The standard InChI is InChI=1S/C24H31N3O5.C15H23ClN2O4.C14H20N2O4.C13H22N2O3.C10H12O3.C3H10N2.CH4/c1-17-7-6-8-18(2)24(17)25-22(29)14-26-11-12-27(23(30)15-26)13-19(28)16-32-21-10-5-4-9-20(21)31-3;1-17-7-8-18(15(20)9-16)10-12(19)11-22-14-6-4-3-5-13(14)21-2;1-19-12-4-2-3-5-13(12)20-10-11(17)9-16-7-6-15-8-14(16)18;1-14-7-8-15-9-11(16)10-18-13-6-4-3-5-12(13)17-2;1-11-9-4-2-3-5-10(9)13-7-8-6-12-8;1-5-3-2-4;/h4-10,19,28H,11-16H2,1-3H3,(H,25,29);3-6,12,17,19H,7-11H2,1-2H3;2-5,11,15,17H,6-10H2,1H3;3-6,11,14-16H,7-10H2,1-2H3;2-5,8H,6-7H2,1H3;5H,2-4H2,1H3;1H4. The van der Waals surface area contributed by atoms with E-state index in [2.05, 4.69) is 31.9 Å². The van der Waals surface area contributed by atoms with Crippen molar-refractivity contribution in [2.75, 3.05) is 219 Å². The summed E-state index contributed by atoms with van der Waals surface area (Å²) in [6, 6.07) is 42.5. The Hall–Kier alpha value is -8.99. The fraction of sp³-hybridized carbons (Fsp3) is 0.500. The maximum Gasteiger partial charge on any atom is 0.238 e. The van der Waals surface area contributed by atoms with Crippen LogP contribution in [0.15, 0.2) is 140 Å². The van der Waals surface area contributed by atoms with Crippen LogP contribution in [0.1, 0.15) is 18.6 Å². The number of amides is 4. The van der Waals surface area contributed by atoms with E-state index >= 15 is 0 Å². The highest BCUT2D eigenvalue weighted by atomic mass is 35.5. The van der Waals surface area contributed by atoms with Crippen molar-refractivity contribution in [3.8, 4) is 57.5 Å². The lowest BCUT2D eigenvalue weighted by Crippen LogP contribution is -2.54. The number of likely N-dealkylation sites (N-methyl/N-ethyl adjacent to an activating group) is 3. The number of aliphatic hydroxyl groups is 4. The van der Waals surface area contributed by atoms with Crippen LogP contribution in [0.3, 0.4) is 0 Å². The number of carbonyl (C=O) groups is 4. The van der Waals surface area contributed by atoms with Crippen molar-refractivity contribution in [2.45, 2.75) is 51.8 Å². The van der Waals surface area contributed by atoms with Crippen LogP contribution in [0.4, 0.5) is 5.69 Å². The van der Waals surface area contributed by atoms with Gasteiger partial charge in [-0.05, 0) is 107 Å². The molecule has 9 rings (SSSR count). The molecule has 3 aliphatic heterocycles. The summed E-state index contributed by atoms with van der Waals surface area (Å²) in [6.45, 7) is 14.4. The number of halogens is 1. The van der Waals surface area contributed by atoms with E-state index in [1.165, 1.54) is 4.90 Å². The van der Waals surface area contributed by atoms with E-state index in [4.69, 9.17) is 69.4 Å². The van der Waals surface area contributed by atoms with E-state index < -0.39 is 24.4 Å². The van der Waals surface area contributed by atoms with Crippen LogP contribution in [0.25, 0.3) is 0 Å². The van der Waals surface area contributed by atoms with Crippen LogP contribution in [0, 0.1) is 13.8 Å². The Labute approximate surface area is 660 Å². The van der Waals surface area contributed by atoms with E-state index in [1.54, 1.807) is 88.8 Å². The molecule has 111 heavy (non-hydrogen) atoms. The van der Waals surface area contributed by atoms with E-state index in [1.807, 2.05) is 136 Å². The van der Waals surface area contributed by atoms with Crippen molar-refractivity contribution >= 4 is 40.9 Å². The number of nitrogens with zero attached hydrogens (tertiary/aromatic N) is 4. The number of epoxide rings is 1. The van der Waals surface area contributed by atoms with Gasteiger partial charge in [-0.1, -0.05) is 86.3 Å². The van der Waals surface area contributed by atoms with Crippen molar-refractivity contribution in [1.29, 1.82) is 0 Å². The summed E-state index contributed by atoms with van der Waals surface area (Å²) in [4.78, 5) is 54.9. The van der Waals surface area contributed by atoms with Gasteiger partial charge in [-0.15, -0.1) is 11.6 Å². The first-order valence-electron chi connectivity index (χ1n) is 36.4. The van der Waals surface area contributed by atoms with E-state index in [-0.39, 0.29) is 102 Å². The quantitative estimate of drug-likeness (QED) is 0.0147. The molecule has 12 N–H and O–H groups in total. The highest BCUT2D eigenvalue weighted by Gasteiger charge is 2.28. The predicted molar refractivity (Wildman–Crippen MR) is 431 cm³/mol. The summed E-state index contributed by atoms with van der Waals surface area (Å²) in [5.74, 6) is 5.77. The summed E-state index contributed by atoms with van der Waals surface area (Å²) >= 11 is 5.58. The third kappa shape index (κ3) is 38.7. The molecule has 0 spiro atoms. The monoisotopic (exact) mass is 1580 g/mol. The Morgan fingerprint density at radius 3 is 1.36 bits per heavy atom. The summed E-state index contributed by atoms with van der Waals surface area (Å²) in [5.41, 5.74) is 7.90. The first-order chi connectivity index (χ1) is 53.3. The minimum Gasteiger partial charge on any atom is -0.493 e. The molecule has 5 atom stereocenters. The van der Waals surface area contributed by atoms with Gasteiger partial charge in [0.2, 0.25) is 23.6 Å². The number of piperazine rings is 2.